The van der Waals surface area contributed by atoms with Crippen LogP contribution in [0.4, 0.5) is 4.39 Å². The zero-order chi connectivity index (χ0) is 9.68. The van der Waals surface area contributed by atoms with E-state index in [9.17, 15) is 4.39 Å². The summed E-state index contributed by atoms with van der Waals surface area (Å²) < 4.78 is 13.3. The minimum Gasteiger partial charge on any atom is -0.316 e. The van der Waals surface area contributed by atoms with Crippen molar-refractivity contribution in [3.8, 4) is 0 Å². The molecule has 0 aliphatic heterocycles. The zero-order valence-electron chi connectivity index (χ0n) is 7.93. The van der Waals surface area contributed by atoms with Gasteiger partial charge < -0.3 is 5.32 Å². The van der Waals surface area contributed by atoms with Crippen LogP contribution in [0.1, 0.15) is 12.5 Å². The second kappa shape index (κ2) is 5.25. The predicted molar refractivity (Wildman–Crippen MR) is 55.6 cm³/mol. The maximum Gasteiger partial charge on any atom is 0.128 e. The number of halogens is 1. The maximum atomic E-state index is 13.3. The highest BCUT2D eigenvalue weighted by Gasteiger charge is 2.06. The highest BCUT2D eigenvalue weighted by molar-refractivity contribution is 7.99. The molecule has 0 saturated carbocycles. The van der Waals surface area contributed by atoms with Gasteiger partial charge in [-0.3, -0.25) is 0 Å². The summed E-state index contributed by atoms with van der Waals surface area (Å²) in [5.41, 5.74) is 0.775. The van der Waals surface area contributed by atoms with Crippen molar-refractivity contribution in [3.63, 3.8) is 0 Å². The van der Waals surface area contributed by atoms with Crippen LogP contribution >= 0.6 is 11.8 Å². The summed E-state index contributed by atoms with van der Waals surface area (Å²) in [7, 11) is 1.83. The molecule has 1 N–H and O–H groups in total. The molecule has 0 aromatic heterocycles. The second-order valence-electron chi connectivity index (χ2n) is 2.68. The van der Waals surface area contributed by atoms with Gasteiger partial charge >= 0.3 is 0 Å². The molecule has 0 saturated heterocycles. The van der Waals surface area contributed by atoms with Crippen LogP contribution in [0, 0.1) is 5.82 Å². The molecule has 0 unspecified atom stereocenters. The van der Waals surface area contributed by atoms with Crippen molar-refractivity contribution in [3.05, 3.63) is 29.6 Å². The van der Waals surface area contributed by atoms with Gasteiger partial charge in [-0.2, -0.15) is 0 Å². The van der Waals surface area contributed by atoms with E-state index in [0.717, 1.165) is 16.2 Å². The molecule has 3 heteroatoms. The van der Waals surface area contributed by atoms with Crippen molar-refractivity contribution in [1.82, 2.24) is 5.32 Å². The number of rotatable bonds is 4. The van der Waals surface area contributed by atoms with E-state index in [1.807, 2.05) is 13.1 Å². The van der Waals surface area contributed by atoms with E-state index in [2.05, 4.69) is 12.2 Å². The topological polar surface area (TPSA) is 12.0 Å². The number of benzene rings is 1. The lowest BCUT2D eigenvalue weighted by Crippen LogP contribution is -2.08. The van der Waals surface area contributed by atoms with Crippen molar-refractivity contribution in [2.75, 3.05) is 12.8 Å². The Balaban J connectivity index is 2.95. The van der Waals surface area contributed by atoms with E-state index in [-0.39, 0.29) is 5.82 Å². The number of hydrogen-bond acceptors (Lipinski definition) is 2. The van der Waals surface area contributed by atoms with E-state index in [1.165, 1.54) is 6.07 Å². The van der Waals surface area contributed by atoms with Gasteiger partial charge in [0.1, 0.15) is 5.82 Å². The number of thioether (sulfide) groups is 1. The van der Waals surface area contributed by atoms with Gasteiger partial charge in [0.2, 0.25) is 0 Å². The van der Waals surface area contributed by atoms with Crippen LogP contribution in [0.5, 0.6) is 0 Å². The second-order valence-corrected chi connectivity index (χ2v) is 3.99. The van der Waals surface area contributed by atoms with Gasteiger partial charge in [0.25, 0.3) is 0 Å². The van der Waals surface area contributed by atoms with Crippen LogP contribution in [0.25, 0.3) is 0 Å². The fraction of sp³-hybridized carbons (Fsp3) is 0.400. The molecule has 0 bridgehead atoms. The summed E-state index contributed by atoms with van der Waals surface area (Å²) in [6, 6.07) is 5.22. The SMILES string of the molecule is CCSc1cccc(F)c1CNC. The first kappa shape index (κ1) is 10.5. The molecule has 72 valence electrons. The van der Waals surface area contributed by atoms with E-state index in [4.69, 9.17) is 0 Å². The molecule has 1 aromatic carbocycles. The zero-order valence-corrected chi connectivity index (χ0v) is 8.75. The molecule has 0 fully saturated rings. The quantitative estimate of drug-likeness (QED) is 0.748. The lowest BCUT2D eigenvalue weighted by atomic mass is 10.2. The Morgan fingerprint density at radius 1 is 1.46 bits per heavy atom. The maximum absolute atomic E-state index is 13.3. The third-order valence-corrected chi connectivity index (χ3v) is 2.71. The molecule has 0 atom stereocenters. The molecule has 0 heterocycles. The highest BCUT2D eigenvalue weighted by atomic mass is 32.2. The van der Waals surface area contributed by atoms with Gasteiger partial charge in [-0.25, -0.2) is 4.39 Å². The van der Waals surface area contributed by atoms with Gasteiger partial charge in [0.05, 0.1) is 0 Å². The van der Waals surface area contributed by atoms with E-state index in [0.29, 0.717) is 6.54 Å². The summed E-state index contributed by atoms with van der Waals surface area (Å²) in [5.74, 6) is 0.855. The minimum atomic E-state index is -0.118. The summed E-state index contributed by atoms with van der Waals surface area (Å²) in [5, 5.41) is 2.97. The Morgan fingerprint density at radius 2 is 2.23 bits per heavy atom. The molecular formula is C10H14FNS. The average Bonchev–Trinajstić information content (AvgIpc) is 2.11. The van der Waals surface area contributed by atoms with Crippen molar-refractivity contribution < 1.29 is 4.39 Å². The molecule has 0 amide bonds. The van der Waals surface area contributed by atoms with Crippen LogP contribution in [-0.2, 0) is 6.54 Å². The largest absolute Gasteiger partial charge is 0.316 e. The third-order valence-electron chi connectivity index (χ3n) is 1.73. The van der Waals surface area contributed by atoms with E-state index < -0.39 is 0 Å². The third kappa shape index (κ3) is 2.71. The van der Waals surface area contributed by atoms with Crippen LogP contribution in [-0.4, -0.2) is 12.8 Å². The minimum absolute atomic E-state index is 0.118. The average molecular weight is 199 g/mol. The Bertz CT molecular complexity index is 276. The molecule has 0 aliphatic carbocycles. The van der Waals surface area contributed by atoms with Crippen LogP contribution in [0.15, 0.2) is 23.1 Å². The van der Waals surface area contributed by atoms with Crippen LogP contribution in [0.3, 0.4) is 0 Å². The van der Waals surface area contributed by atoms with Gasteiger partial charge in [0.15, 0.2) is 0 Å². The van der Waals surface area contributed by atoms with Crippen LogP contribution < -0.4 is 5.32 Å². The molecule has 0 radical (unpaired) electrons. The molecule has 0 spiro atoms. The first-order valence-electron chi connectivity index (χ1n) is 4.34. The molecule has 1 nitrogen and oxygen atoms in total. The summed E-state index contributed by atoms with van der Waals surface area (Å²) in [6.45, 7) is 2.66. The first-order chi connectivity index (χ1) is 6.29. The standard InChI is InChI=1S/C10H14FNS/c1-3-13-10-6-4-5-9(11)8(10)7-12-2/h4-6,12H,3,7H2,1-2H3. The number of hydrogen-bond donors (Lipinski definition) is 1. The Kier molecular flexibility index (Phi) is 4.25. The summed E-state index contributed by atoms with van der Waals surface area (Å²) in [6.07, 6.45) is 0. The Morgan fingerprint density at radius 3 is 2.85 bits per heavy atom. The van der Waals surface area contributed by atoms with Gasteiger partial charge in [-0.1, -0.05) is 13.0 Å². The van der Waals surface area contributed by atoms with Crippen molar-refractivity contribution >= 4 is 11.8 Å². The normalized spacial score (nSPS) is 10.4. The smallest absolute Gasteiger partial charge is 0.128 e. The molecule has 0 aliphatic rings. The van der Waals surface area contributed by atoms with Gasteiger partial charge in [0, 0.05) is 17.0 Å². The monoisotopic (exact) mass is 199 g/mol. The lowest BCUT2D eigenvalue weighted by molar-refractivity contribution is 0.594. The first-order valence-corrected chi connectivity index (χ1v) is 5.33. The van der Waals surface area contributed by atoms with Crippen molar-refractivity contribution in [2.45, 2.75) is 18.4 Å². The summed E-state index contributed by atoms with van der Waals surface area (Å²) >= 11 is 1.68. The summed E-state index contributed by atoms with van der Waals surface area (Å²) in [4.78, 5) is 1.04. The molecule has 13 heavy (non-hydrogen) atoms. The molecular weight excluding hydrogens is 185 g/mol. The predicted octanol–water partition coefficient (Wildman–Crippen LogP) is 2.66. The Labute approximate surface area is 82.7 Å². The van der Waals surface area contributed by atoms with Crippen molar-refractivity contribution in [2.24, 2.45) is 0 Å². The Hall–Kier alpha value is -0.540. The highest BCUT2D eigenvalue weighted by Crippen LogP contribution is 2.24. The van der Waals surface area contributed by atoms with E-state index >= 15 is 0 Å². The lowest BCUT2D eigenvalue weighted by Gasteiger charge is -2.08. The van der Waals surface area contributed by atoms with Gasteiger partial charge in [-0.05, 0) is 24.9 Å². The molecule has 1 rings (SSSR count). The fourth-order valence-corrected chi connectivity index (χ4v) is 2.01. The van der Waals surface area contributed by atoms with Crippen LogP contribution in [0.2, 0.25) is 0 Å². The fourth-order valence-electron chi connectivity index (χ4n) is 1.18. The number of nitrogens with one attached hydrogen (secondary N) is 1. The van der Waals surface area contributed by atoms with Gasteiger partial charge in [-0.15, -0.1) is 11.8 Å². The molecule has 1 aromatic rings. The van der Waals surface area contributed by atoms with Crippen molar-refractivity contribution in [1.29, 1.82) is 0 Å². The van der Waals surface area contributed by atoms with E-state index in [1.54, 1.807) is 17.8 Å².